The number of nitrogens with one attached hydrogen (secondary N) is 1. The molecule has 4 aromatic rings. The van der Waals surface area contributed by atoms with Crippen LogP contribution in [-0.2, 0) is 11.2 Å². The predicted octanol–water partition coefficient (Wildman–Crippen LogP) is 5.07. The first-order valence-corrected chi connectivity index (χ1v) is 14.1. The maximum Gasteiger partial charge on any atom is 0.241 e. The first-order valence-electron chi connectivity index (χ1n) is 14.1. The Labute approximate surface area is 248 Å². The van der Waals surface area contributed by atoms with E-state index in [0.29, 0.717) is 25.3 Å². The van der Waals surface area contributed by atoms with Crippen LogP contribution in [0.2, 0.25) is 0 Å². The van der Waals surface area contributed by atoms with Gasteiger partial charge >= 0.3 is 0 Å². The first-order chi connectivity index (χ1) is 20.4. The van der Waals surface area contributed by atoms with Gasteiger partial charge in [0.1, 0.15) is 6.61 Å². The lowest BCUT2D eigenvalue weighted by Gasteiger charge is -2.34. The van der Waals surface area contributed by atoms with Gasteiger partial charge in [-0.15, -0.1) is 0 Å². The zero-order valence-corrected chi connectivity index (χ0v) is 24.2. The Morgan fingerprint density at radius 3 is 1.90 bits per heavy atom. The molecule has 1 N–H and O–H groups in total. The molecule has 2 atom stereocenters. The van der Waals surface area contributed by atoms with E-state index >= 15 is 0 Å². The minimum Gasteiger partial charge on any atom is -0.489 e. The molecule has 0 spiro atoms. The van der Waals surface area contributed by atoms with Crippen molar-refractivity contribution in [1.29, 1.82) is 0 Å². The molecule has 1 saturated heterocycles. The van der Waals surface area contributed by atoms with E-state index in [1.54, 1.807) is 24.8 Å². The molecule has 1 aliphatic rings. The molecular weight excluding hydrogens is 520 g/mol. The van der Waals surface area contributed by atoms with E-state index < -0.39 is 0 Å². The van der Waals surface area contributed by atoms with Crippen LogP contribution < -0.4 is 10.1 Å². The van der Waals surface area contributed by atoms with Gasteiger partial charge in [-0.2, -0.15) is 0 Å². The molecule has 6 nitrogen and oxygen atoms in total. The van der Waals surface area contributed by atoms with Crippen LogP contribution in [0.25, 0.3) is 0 Å². The largest absolute Gasteiger partial charge is 0.489 e. The number of nitrogens with zero attached hydrogens (tertiary/aromatic N) is 3. The van der Waals surface area contributed by atoms with Gasteiger partial charge in [-0.3, -0.25) is 20.1 Å². The van der Waals surface area contributed by atoms with Crippen molar-refractivity contribution in [2.24, 2.45) is 5.41 Å². The molecule has 2 unspecified atom stereocenters. The Balaban J connectivity index is 1.38. The molecular formula is C36H34N4O2. The van der Waals surface area contributed by atoms with Gasteiger partial charge in [0.15, 0.2) is 5.75 Å². The van der Waals surface area contributed by atoms with Crippen LogP contribution in [-0.4, -0.2) is 46.1 Å². The maximum absolute atomic E-state index is 13.6. The van der Waals surface area contributed by atoms with E-state index in [1.807, 2.05) is 65.6 Å². The number of rotatable bonds is 6. The summed E-state index contributed by atoms with van der Waals surface area (Å²) in [4.78, 5) is 23.7. The molecule has 0 aliphatic carbocycles. The van der Waals surface area contributed by atoms with E-state index in [0.717, 1.165) is 27.8 Å². The van der Waals surface area contributed by atoms with E-state index in [2.05, 4.69) is 71.9 Å². The number of hydrogen-bond donors (Lipinski definition) is 1. The van der Waals surface area contributed by atoms with Gasteiger partial charge in [0.2, 0.25) is 5.91 Å². The molecule has 6 heteroatoms. The van der Waals surface area contributed by atoms with Crippen molar-refractivity contribution < 1.29 is 9.53 Å². The van der Waals surface area contributed by atoms with Crippen LogP contribution in [0, 0.1) is 29.1 Å². The predicted molar refractivity (Wildman–Crippen MR) is 164 cm³/mol. The van der Waals surface area contributed by atoms with Gasteiger partial charge in [-0.05, 0) is 53.8 Å². The molecule has 1 aliphatic heterocycles. The summed E-state index contributed by atoms with van der Waals surface area (Å²) in [6.45, 7) is 7.17. The summed E-state index contributed by atoms with van der Waals surface area (Å²) < 4.78 is 6.42. The van der Waals surface area contributed by atoms with Gasteiger partial charge in [-0.1, -0.05) is 80.9 Å². The highest BCUT2D eigenvalue weighted by Gasteiger charge is 2.44. The number of aromatic nitrogens is 2. The molecule has 0 radical (unpaired) electrons. The van der Waals surface area contributed by atoms with Crippen LogP contribution in [0.3, 0.4) is 0 Å². The summed E-state index contributed by atoms with van der Waals surface area (Å²) in [5, 5.41) is 3.59. The summed E-state index contributed by atoms with van der Waals surface area (Å²) >= 11 is 0. The number of benzene rings is 2. The van der Waals surface area contributed by atoms with Crippen molar-refractivity contribution in [3.63, 3.8) is 0 Å². The highest BCUT2D eigenvalue weighted by atomic mass is 16.5. The second-order valence-corrected chi connectivity index (χ2v) is 11.2. The molecule has 1 fully saturated rings. The lowest BCUT2D eigenvalue weighted by atomic mass is 9.92. The molecule has 0 bridgehead atoms. The zero-order chi connectivity index (χ0) is 29.4. The maximum atomic E-state index is 13.6. The molecule has 3 heterocycles. The third kappa shape index (κ3) is 7.23. The third-order valence-electron chi connectivity index (χ3n) is 6.99. The third-order valence-corrected chi connectivity index (χ3v) is 6.99. The summed E-state index contributed by atoms with van der Waals surface area (Å²) in [5.41, 5.74) is 4.15. The van der Waals surface area contributed by atoms with Crippen molar-refractivity contribution in [3.8, 4) is 29.4 Å². The topological polar surface area (TPSA) is 67.4 Å². The summed E-state index contributed by atoms with van der Waals surface area (Å²) in [6.07, 6.45) is 7.40. The smallest absolute Gasteiger partial charge is 0.241 e. The van der Waals surface area contributed by atoms with E-state index in [-0.39, 0.29) is 23.5 Å². The van der Waals surface area contributed by atoms with Crippen LogP contribution in [0.15, 0.2) is 97.6 Å². The fourth-order valence-electron chi connectivity index (χ4n) is 4.92. The standard InChI is InChI=1S/C36H34N4O2/c1-36(2,3)35-39-32(26-29-8-5-4-6-9-29)34(41)40(35)24-25-42-33-30(14-12-27-16-20-37-21-17-27)10-7-11-31(33)15-13-28-18-22-38-23-19-28/h4-11,16-23,32,35,39H,24-26H2,1-3H3. The number of pyridine rings is 2. The van der Waals surface area contributed by atoms with E-state index in [4.69, 9.17) is 4.74 Å². The Kier molecular flexibility index (Phi) is 8.97. The van der Waals surface area contributed by atoms with E-state index in [1.165, 1.54) is 0 Å². The second kappa shape index (κ2) is 13.2. The zero-order valence-electron chi connectivity index (χ0n) is 24.2. The second-order valence-electron chi connectivity index (χ2n) is 11.2. The average Bonchev–Trinajstić information content (AvgIpc) is 3.32. The molecule has 0 saturated carbocycles. The summed E-state index contributed by atoms with van der Waals surface area (Å²) in [5.74, 6) is 13.6. The van der Waals surface area contributed by atoms with Crippen molar-refractivity contribution in [2.75, 3.05) is 13.2 Å². The van der Waals surface area contributed by atoms with Crippen LogP contribution >= 0.6 is 0 Å². The van der Waals surface area contributed by atoms with Gasteiger partial charge in [0.05, 0.1) is 29.9 Å². The van der Waals surface area contributed by atoms with E-state index in [9.17, 15) is 4.79 Å². The van der Waals surface area contributed by atoms with Crippen molar-refractivity contribution in [2.45, 2.75) is 39.4 Å². The molecule has 42 heavy (non-hydrogen) atoms. The SMILES string of the molecule is CC(C)(C)C1NC(Cc2ccccc2)C(=O)N1CCOc1c(C#Cc2ccncc2)cccc1C#Cc1ccncc1. The average molecular weight is 555 g/mol. The summed E-state index contributed by atoms with van der Waals surface area (Å²) in [7, 11) is 0. The first kappa shape index (κ1) is 28.6. The molecule has 210 valence electrons. The number of carbonyl (C=O) groups is 1. The van der Waals surface area contributed by atoms with Gasteiger partial charge in [-0.25, -0.2) is 0 Å². The molecule has 2 aromatic carbocycles. The lowest BCUT2D eigenvalue weighted by Crippen LogP contribution is -2.48. The Hall–Kier alpha value is -4.91. The highest BCUT2D eigenvalue weighted by Crippen LogP contribution is 2.29. The number of carbonyl (C=O) groups excluding carboxylic acids is 1. The minimum atomic E-state index is -0.281. The summed E-state index contributed by atoms with van der Waals surface area (Å²) in [6, 6.07) is 23.1. The normalized spacial score (nSPS) is 16.3. The Morgan fingerprint density at radius 1 is 0.786 bits per heavy atom. The quantitative estimate of drug-likeness (QED) is 0.337. The van der Waals surface area contributed by atoms with Crippen molar-refractivity contribution in [1.82, 2.24) is 20.2 Å². The molecule has 2 aromatic heterocycles. The highest BCUT2D eigenvalue weighted by molar-refractivity contribution is 5.84. The van der Waals surface area contributed by atoms with Crippen LogP contribution in [0.1, 0.15) is 48.6 Å². The van der Waals surface area contributed by atoms with Crippen LogP contribution in [0.4, 0.5) is 0 Å². The van der Waals surface area contributed by atoms with Crippen LogP contribution in [0.5, 0.6) is 5.75 Å². The fourth-order valence-corrected chi connectivity index (χ4v) is 4.92. The number of ether oxygens (including phenoxy) is 1. The van der Waals surface area contributed by atoms with Gasteiger partial charge in [0, 0.05) is 35.9 Å². The monoisotopic (exact) mass is 554 g/mol. The fraction of sp³-hybridized carbons (Fsp3) is 0.250. The molecule has 1 amide bonds. The lowest BCUT2D eigenvalue weighted by molar-refractivity contribution is -0.131. The van der Waals surface area contributed by atoms with Gasteiger partial charge < -0.3 is 9.64 Å². The number of para-hydroxylation sites is 1. The van der Waals surface area contributed by atoms with Crippen molar-refractivity contribution >= 4 is 5.91 Å². The Bertz CT molecular complexity index is 1550. The number of amides is 1. The Morgan fingerprint density at radius 2 is 1.36 bits per heavy atom. The minimum absolute atomic E-state index is 0.0887. The van der Waals surface area contributed by atoms with Gasteiger partial charge in [0.25, 0.3) is 0 Å². The molecule has 5 rings (SSSR count). The number of hydrogen-bond acceptors (Lipinski definition) is 5. The van der Waals surface area contributed by atoms with Crippen molar-refractivity contribution in [3.05, 3.63) is 125 Å².